The van der Waals surface area contributed by atoms with Crippen molar-refractivity contribution < 1.29 is 0 Å². The molecule has 0 spiro atoms. The molecule has 2 aromatic rings. The van der Waals surface area contributed by atoms with Crippen LogP contribution in [-0.2, 0) is 6.54 Å². The molecule has 1 saturated heterocycles. The van der Waals surface area contributed by atoms with Crippen molar-refractivity contribution in [2.24, 2.45) is 0 Å². The van der Waals surface area contributed by atoms with Crippen LogP contribution in [0.2, 0.25) is 0 Å². The third kappa shape index (κ3) is 3.79. The van der Waals surface area contributed by atoms with Gasteiger partial charge in [0, 0.05) is 50.2 Å². The Balaban J connectivity index is 1.57. The fourth-order valence-corrected chi connectivity index (χ4v) is 3.45. The minimum atomic E-state index is 0.964. The van der Waals surface area contributed by atoms with Crippen molar-refractivity contribution in [2.45, 2.75) is 6.54 Å². The maximum Gasteiger partial charge on any atom is 0.123 e. The van der Waals surface area contributed by atoms with E-state index < -0.39 is 0 Å². The monoisotopic (exact) mass is 299 g/mol. The first-order valence-corrected chi connectivity index (χ1v) is 8.28. The average molecular weight is 299 g/mol. The summed E-state index contributed by atoms with van der Waals surface area (Å²) in [4.78, 5) is 9.71. The predicted octanol–water partition coefficient (Wildman–Crippen LogP) is 3.11. The van der Waals surface area contributed by atoms with Crippen LogP contribution in [0.5, 0.6) is 0 Å². The largest absolute Gasteiger partial charge is 0.297 e. The standard InChI is InChI=1S/C17H21N3S/c1-2-8-19-9-11-20(12-10-19)13-16-14-21-17(18-16)15-6-4-3-5-7-15/h2-7,14H,1,8-13H2. The van der Waals surface area contributed by atoms with Crippen molar-refractivity contribution in [3.05, 3.63) is 54.1 Å². The quantitative estimate of drug-likeness (QED) is 0.791. The second kappa shape index (κ2) is 6.98. The molecular weight excluding hydrogens is 278 g/mol. The first-order valence-electron chi connectivity index (χ1n) is 7.40. The Morgan fingerprint density at radius 3 is 2.52 bits per heavy atom. The first kappa shape index (κ1) is 14.4. The van der Waals surface area contributed by atoms with Gasteiger partial charge in [-0.15, -0.1) is 17.9 Å². The number of thiazole rings is 1. The number of piperazine rings is 1. The van der Waals surface area contributed by atoms with Gasteiger partial charge in [0.15, 0.2) is 0 Å². The van der Waals surface area contributed by atoms with Crippen LogP contribution in [0.15, 0.2) is 48.4 Å². The molecule has 0 unspecified atom stereocenters. The topological polar surface area (TPSA) is 19.4 Å². The Labute approximate surface area is 130 Å². The lowest BCUT2D eigenvalue weighted by atomic mass is 10.2. The van der Waals surface area contributed by atoms with Crippen molar-refractivity contribution in [3.63, 3.8) is 0 Å². The lowest BCUT2D eigenvalue weighted by molar-refractivity contribution is 0.136. The first-order chi connectivity index (χ1) is 10.3. The number of nitrogens with zero attached hydrogens (tertiary/aromatic N) is 3. The maximum absolute atomic E-state index is 4.78. The Bertz CT molecular complexity index is 571. The van der Waals surface area contributed by atoms with E-state index in [0.29, 0.717) is 0 Å². The van der Waals surface area contributed by atoms with Crippen molar-refractivity contribution >= 4 is 11.3 Å². The molecule has 21 heavy (non-hydrogen) atoms. The van der Waals surface area contributed by atoms with Gasteiger partial charge in [0.25, 0.3) is 0 Å². The molecule has 0 amide bonds. The van der Waals surface area contributed by atoms with Gasteiger partial charge in [-0.2, -0.15) is 0 Å². The molecule has 110 valence electrons. The van der Waals surface area contributed by atoms with Crippen LogP contribution in [-0.4, -0.2) is 47.5 Å². The summed E-state index contributed by atoms with van der Waals surface area (Å²) in [5, 5.41) is 3.31. The fraction of sp³-hybridized carbons (Fsp3) is 0.353. The summed E-state index contributed by atoms with van der Waals surface area (Å²) in [5.41, 5.74) is 2.40. The van der Waals surface area contributed by atoms with E-state index >= 15 is 0 Å². The number of benzene rings is 1. The van der Waals surface area contributed by atoms with E-state index in [1.807, 2.05) is 12.1 Å². The molecule has 1 aromatic carbocycles. The number of hydrogen-bond donors (Lipinski definition) is 0. The molecule has 0 aliphatic carbocycles. The summed E-state index contributed by atoms with van der Waals surface area (Å²) in [7, 11) is 0. The van der Waals surface area contributed by atoms with Crippen LogP contribution in [0.25, 0.3) is 10.6 Å². The van der Waals surface area contributed by atoms with Gasteiger partial charge in [0.05, 0.1) is 5.69 Å². The van der Waals surface area contributed by atoms with E-state index in [1.165, 1.54) is 11.3 Å². The van der Waals surface area contributed by atoms with E-state index in [1.54, 1.807) is 11.3 Å². The molecule has 3 nitrogen and oxygen atoms in total. The van der Waals surface area contributed by atoms with Crippen molar-refractivity contribution in [1.82, 2.24) is 14.8 Å². The molecule has 0 saturated carbocycles. The second-order valence-electron chi connectivity index (χ2n) is 5.38. The molecule has 2 heterocycles. The Morgan fingerprint density at radius 2 is 1.81 bits per heavy atom. The Kier molecular flexibility index (Phi) is 4.80. The van der Waals surface area contributed by atoms with Crippen LogP contribution in [0, 0.1) is 0 Å². The van der Waals surface area contributed by atoms with Crippen LogP contribution < -0.4 is 0 Å². The van der Waals surface area contributed by atoms with Crippen molar-refractivity contribution in [3.8, 4) is 10.6 Å². The highest BCUT2D eigenvalue weighted by Gasteiger charge is 2.17. The van der Waals surface area contributed by atoms with Gasteiger partial charge >= 0.3 is 0 Å². The number of rotatable bonds is 5. The van der Waals surface area contributed by atoms with Crippen LogP contribution >= 0.6 is 11.3 Å². The summed E-state index contributed by atoms with van der Waals surface area (Å²) in [6.45, 7) is 10.3. The highest BCUT2D eigenvalue weighted by molar-refractivity contribution is 7.13. The Morgan fingerprint density at radius 1 is 1.10 bits per heavy atom. The molecule has 1 fully saturated rings. The van der Waals surface area contributed by atoms with Crippen LogP contribution in [0.4, 0.5) is 0 Å². The van der Waals surface area contributed by atoms with Gasteiger partial charge in [-0.3, -0.25) is 9.80 Å². The van der Waals surface area contributed by atoms with Gasteiger partial charge in [-0.1, -0.05) is 36.4 Å². The molecule has 0 bridgehead atoms. The summed E-state index contributed by atoms with van der Waals surface area (Å²) in [5.74, 6) is 0. The molecule has 3 rings (SSSR count). The summed E-state index contributed by atoms with van der Waals surface area (Å²) in [6, 6.07) is 10.4. The number of hydrogen-bond acceptors (Lipinski definition) is 4. The van der Waals surface area contributed by atoms with E-state index in [2.05, 4.69) is 46.0 Å². The Hall–Kier alpha value is -1.49. The smallest absolute Gasteiger partial charge is 0.123 e. The average Bonchev–Trinajstić information content (AvgIpc) is 2.99. The minimum absolute atomic E-state index is 0.964. The minimum Gasteiger partial charge on any atom is -0.297 e. The van der Waals surface area contributed by atoms with Gasteiger partial charge < -0.3 is 0 Å². The van der Waals surface area contributed by atoms with Crippen LogP contribution in [0.1, 0.15) is 5.69 Å². The zero-order valence-electron chi connectivity index (χ0n) is 12.2. The third-order valence-electron chi connectivity index (χ3n) is 3.81. The normalized spacial score (nSPS) is 17.0. The highest BCUT2D eigenvalue weighted by atomic mass is 32.1. The predicted molar refractivity (Wildman–Crippen MR) is 89.5 cm³/mol. The maximum atomic E-state index is 4.78. The molecule has 0 atom stereocenters. The van der Waals surface area contributed by atoms with E-state index in [-0.39, 0.29) is 0 Å². The van der Waals surface area contributed by atoms with Gasteiger partial charge in [-0.25, -0.2) is 4.98 Å². The molecule has 0 N–H and O–H groups in total. The fourth-order valence-electron chi connectivity index (χ4n) is 2.63. The molecule has 4 heteroatoms. The molecule has 1 aliphatic heterocycles. The van der Waals surface area contributed by atoms with E-state index in [4.69, 9.17) is 4.98 Å². The zero-order valence-corrected chi connectivity index (χ0v) is 13.1. The van der Waals surface area contributed by atoms with Crippen LogP contribution in [0.3, 0.4) is 0 Å². The SMILES string of the molecule is C=CCN1CCN(Cc2csc(-c3ccccc3)n2)CC1. The third-order valence-corrected chi connectivity index (χ3v) is 4.75. The highest BCUT2D eigenvalue weighted by Crippen LogP contribution is 2.24. The number of aromatic nitrogens is 1. The zero-order chi connectivity index (χ0) is 14.5. The van der Waals surface area contributed by atoms with Crippen molar-refractivity contribution in [2.75, 3.05) is 32.7 Å². The second-order valence-corrected chi connectivity index (χ2v) is 6.23. The molecule has 0 radical (unpaired) electrons. The van der Waals surface area contributed by atoms with Crippen molar-refractivity contribution in [1.29, 1.82) is 0 Å². The lowest BCUT2D eigenvalue weighted by Crippen LogP contribution is -2.45. The molecule has 1 aromatic heterocycles. The van der Waals surface area contributed by atoms with Gasteiger partial charge in [0.2, 0.25) is 0 Å². The van der Waals surface area contributed by atoms with Gasteiger partial charge in [0.1, 0.15) is 5.01 Å². The summed E-state index contributed by atoms with van der Waals surface area (Å²) in [6.07, 6.45) is 1.99. The summed E-state index contributed by atoms with van der Waals surface area (Å²) < 4.78 is 0. The van der Waals surface area contributed by atoms with Gasteiger partial charge in [-0.05, 0) is 0 Å². The molecular formula is C17H21N3S. The molecule has 1 aliphatic rings. The van der Waals surface area contributed by atoms with E-state index in [9.17, 15) is 0 Å². The lowest BCUT2D eigenvalue weighted by Gasteiger charge is -2.33. The van der Waals surface area contributed by atoms with E-state index in [0.717, 1.165) is 44.3 Å². The summed E-state index contributed by atoms with van der Waals surface area (Å²) >= 11 is 1.74.